The van der Waals surface area contributed by atoms with Crippen LogP contribution in [0.3, 0.4) is 0 Å². The Balaban J connectivity index is 1.84. The van der Waals surface area contributed by atoms with Crippen molar-refractivity contribution in [2.75, 3.05) is 37.4 Å². The van der Waals surface area contributed by atoms with E-state index in [-0.39, 0.29) is 23.9 Å². The summed E-state index contributed by atoms with van der Waals surface area (Å²) >= 11 is 3.45. The molecule has 1 aromatic heterocycles. The molecule has 0 atom stereocenters. The molecule has 9 heteroatoms. The number of hydrogen-bond donors (Lipinski definition) is 2. The van der Waals surface area contributed by atoms with Crippen LogP contribution < -0.4 is 10.6 Å². The molecule has 0 saturated carbocycles. The maximum absolute atomic E-state index is 13.2. The van der Waals surface area contributed by atoms with E-state index in [2.05, 4.69) is 53.4 Å². The summed E-state index contributed by atoms with van der Waals surface area (Å²) in [6, 6.07) is 15.0. The summed E-state index contributed by atoms with van der Waals surface area (Å²) in [5.41, 5.74) is 4.36. The highest BCUT2D eigenvalue weighted by molar-refractivity contribution is 9.10. The standard InChI is InChI=1S/C28H36BrN5O3/c1-19-12-13-23(20(2)16-19)34-25(17-24(32-34)28(3,4)5)31-26(35)18-33(14-9-15-37-6)27(36)30-22-11-8-7-10-21(22)29/h7-8,10-13,16-17H,9,14-15,18H2,1-6H3,(H,30,36)(H,31,35). The Morgan fingerprint density at radius 2 is 1.81 bits per heavy atom. The molecule has 198 valence electrons. The molecule has 0 spiro atoms. The van der Waals surface area contributed by atoms with Crippen LogP contribution in [0, 0.1) is 13.8 Å². The lowest BCUT2D eigenvalue weighted by atomic mass is 9.92. The Morgan fingerprint density at radius 3 is 2.46 bits per heavy atom. The number of ether oxygens (including phenoxy) is 1. The van der Waals surface area contributed by atoms with Crippen LogP contribution >= 0.6 is 15.9 Å². The summed E-state index contributed by atoms with van der Waals surface area (Å²) in [6.45, 7) is 11.0. The zero-order valence-corrected chi connectivity index (χ0v) is 24.0. The molecule has 3 aromatic rings. The number of urea groups is 1. The van der Waals surface area contributed by atoms with Crippen molar-refractivity contribution in [2.45, 2.75) is 46.5 Å². The van der Waals surface area contributed by atoms with E-state index >= 15 is 0 Å². The number of aromatic nitrogens is 2. The molecule has 2 aromatic carbocycles. The molecular formula is C28H36BrN5O3. The van der Waals surface area contributed by atoms with E-state index in [1.54, 1.807) is 17.9 Å². The first-order chi connectivity index (χ1) is 17.5. The van der Waals surface area contributed by atoms with E-state index < -0.39 is 0 Å². The summed E-state index contributed by atoms with van der Waals surface area (Å²) in [7, 11) is 1.61. The molecule has 0 bridgehead atoms. The second-order valence-electron chi connectivity index (χ2n) is 10.1. The number of amides is 3. The number of rotatable bonds is 9. The van der Waals surface area contributed by atoms with Gasteiger partial charge in [0.2, 0.25) is 5.91 Å². The monoisotopic (exact) mass is 569 g/mol. The fraction of sp³-hybridized carbons (Fsp3) is 0.393. The van der Waals surface area contributed by atoms with Gasteiger partial charge in [-0.15, -0.1) is 0 Å². The number of halogens is 1. The number of methoxy groups -OCH3 is 1. The van der Waals surface area contributed by atoms with Gasteiger partial charge in [-0.2, -0.15) is 5.10 Å². The van der Waals surface area contributed by atoms with E-state index in [0.717, 1.165) is 27.0 Å². The highest BCUT2D eigenvalue weighted by Gasteiger charge is 2.24. The van der Waals surface area contributed by atoms with E-state index in [0.29, 0.717) is 31.1 Å². The van der Waals surface area contributed by atoms with Crippen LogP contribution in [-0.2, 0) is 14.9 Å². The normalized spacial score (nSPS) is 11.3. The minimum atomic E-state index is -0.364. The maximum atomic E-state index is 13.2. The average molecular weight is 571 g/mol. The smallest absolute Gasteiger partial charge is 0.322 e. The van der Waals surface area contributed by atoms with Crippen molar-refractivity contribution in [3.05, 3.63) is 69.8 Å². The van der Waals surface area contributed by atoms with Crippen LogP contribution in [0.2, 0.25) is 0 Å². The van der Waals surface area contributed by atoms with Crippen LogP contribution in [-0.4, -0.2) is 53.4 Å². The summed E-state index contributed by atoms with van der Waals surface area (Å²) in [6.07, 6.45) is 0.599. The SMILES string of the molecule is COCCCN(CC(=O)Nc1cc(C(C)(C)C)nn1-c1ccc(C)cc1C)C(=O)Nc1ccccc1Br. The number of nitrogens with one attached hydrogen (secondary N) is 2. The molecular weight excluding hydrogens is 534 g/mol. The molecule has 0 radical (unpaired) electrons. The lowest BCUT2D eigenvalue weighted by molar-refractivity contribution is -0.116. The minimum Gasteiger partial charge on any atom is -0.385 e. The molecule has 0 fully saturated rings. The molecule has 37 heavy (non-hydrogen) atoms. The maximum Gasteiger partial charge on any atom is 0.322 e. The van der Waals surface area contributed by atoms with Crippen molar-refractivity contribution < 1.29 is 14.3 Å². The molecule has 0 aliphatic rings. The van der Waals surface area contributed by atoms with Crippen LogP contribution in [0.5, 0.6) is 0 Å². The van der Waals surface area contributed by atoms with Gasteiger partial charge in [-0.3, -0.25) is 4.79 Å². The lowest BCUT2D eigenvalue weighted by Gasteiger charge is -2.23. The highest BCUT2D eigenvalue weighted by atomic mass is 79.9. The van der Waals surface area contributed by atoms with Crippen molar-refractivity contribution >= 4 is 39.4 Å². The van der Waals surface area contributed by atoms with E-state index in [1.165, 1.54) is 4.90 Å². The third kappa shape index (κ3) is 7.66. The predicted octanol–water partition coefficient (Wildman–Crippen LogP) is 6.06. The number of hydrogen-bond acceptors (Lipinski definition) is 4. The van der Waals surface area contributed by atoms with Crippen molar-refractivity contribution in [3.8, 4) is 5.69 Å². The van der Waals surface area contributed by atoms with Gasteiger partial charge >= 0.3 is 6.03 Å². The quantitative estimate of drug-likeness (QED) is 0.306. The Morgan fingerprint density at radius 1 is 1.08 bits per heavy atom. The summed E-state index contributed by atoms with van der Waals surface area (Å²) in [4.78, 5) is 27.8. The fourth-order valence-electron chi connectivity index (χ4n) is 3.83. The van der Waals surface area contributed by atoms with Gasteiger partial charge in [0.1, 0.15) is 12.4 Å². The molecule has 0 aliphatic carbocycles. The van der Waals surface area contributed by atoms with Crippen LogP contribution in [0.1, 0.15) is 44.0 Å². The minimum absolute atomic E-state index is 0.122. The second kappa shape index (κ2) is 12.4. The van der Waals surface area contributed by atoms with Crippen LogP contribution in [0.25, 0.3) is 5.69 Å². The third-order valence-electron chi connectivity index (χ3n) is 5.84. The molecule has 2 N–H and O–H groups in total. The van der Waals surface area contributed by atoms with Gasteiger partial charge in [-0.05, 0) is 60.0 Å². The van der Waals surface area contributed by atoms with Crippen molar-refractivity contribution in [3.63, 3.8) is 0 Å². The largest absolute Gasteiger partial charge is 0.385 e. The van der Waals surface area contributed by atoms with Gasteiger partial charge in [0, 0.05) is 36.2 Å². The molecule has 3 rings (SSSR count). The molecule has 1 heterocycles. The Kier molecular flexibility index (Phi) is 9.50. The van der Waals surface area contributed by atoms with Crippen LogP contribution in [0.4, 0.5) is 16.3 Å². The molecule has 8 nitrogen and oxygen atoms in total. The molecule has 3 amide bonds. The average Bonchev–Trinajstić information content (AvgIpc) is 3.24. The van der Waals surface area contributed by atoms with Gasteiger partial charge in [-0.1, -0.05) is 50.6 Å². The van der Waals surface area contributed by atoms with Crippen molar-refractivity contribution in [1.82, 2.24) is 14.7 Å². The molecule has 0 aliphatic heterocycles. The number of nitrogens with zero attached hydrogens (tertiary/aromatic N) is 3. The zero-order valence-electron chi connectivity index (χ0n) is 22.4. The van der Waals surface area contributed by atoms with Crippen LogP contribution in [0.15, 0.2) is 53.0 Å². The van der Waals surface area contributed by atoms with Crippen molar-refractivity contribution in [1.29, 1.82) is 0 Å². The number of carbonyl (C=O) groups is 2. The Hall–Kier alpha value is -3.17. The van der Waals surface area contributed by atoms with E-state index in [4.69, 9.17) is 9.84 Å². The number of anilines is 2. The zero-order chi connectivity index (χ0) is 27.2. The van der Waals surface area contributed by atoms with E-state index in [9.17, 15) is 9.59 Å². The Labute approximate surface area is 227 Å². The topological polar surface area (TPSA) is 88.5 Å². The van der Waals surface area contributed by atoms with Crippen molar-refractivity contribution in [2.24, 2.45) is 0 Å². The van der Waals surface area contributed by atoms with Gasteiger partial charge in [0.15, 0.2) is 0 Å². The number of aryl methyl sites for hydroxylation is 2. The van der Waals surface area contributed by atoms with Gasteiger partial charge < -0.3 is 20.3 Å². The second-order valence-corrected chi connectivity index (χ2v) is 10.9. The molecule has 0 saturated heterocycles. The predicted molar refractivity (Wildman–Crippen MR) is 152 cm³/mol. The fourth-order valence-corrected chi connectivity index (χ4v) is 4.21. The van der Waals surface area contributed by atoms with E-state index in [1.807, 2.05) is 50.2 Å². The molecule has 0 unspecified atom stereocenters. The number of para-hydroxylation sites is 1. The summed E-state index contributed by atoms with van der Waals surface area (Å²) in [5.74, 6) is 0.246. The first-order valence-electron chi connectivity index (χ1n) is 12.3. The number of carbonyl (C=O) groups excluding carboxylic acids is 2. The first-order valence-corrected chi connectivity index (χ1v) is 13.1. The number of benzene rings is 2. The van der Waals surface area contributed by atoms with Gasteiger partial charge in [-0.25, -0.2) is 9.48 Å². The lowest BCUT2D eigenvalue weighted by Crippen LogP contribution is -2.41. The summed E-state index contributed by atoms with van der Waals surface area (Å²) in [5, 5.41) is 10.7. The Bertz CT molecular complexity index is 1250. The van der Waals surface area contributed by atoms with Gasteiger partial charge in [0.05, 0.1) is 17.1 Å². The third-order valence-corrected chi connectivity index (χ3v) is 6.53. The van der Waals surface area contributed by atoms with Gasteiger partial charge in [0.25, 0.3) is 0 Å². The first kappa shape index (κ1) is 28.4. The summed E-state index contributed by atoms with van der Waals surface area (Å²) < 4.78 is 7.68. The highest BCUT2D eigenvalue weighted by Crippen LogP contribution is 2.28.